The summed E-state index contributed by atoms with van der Waals surface area (Å²) >= 11 is 0. The lowest BCUT2D eigenvalue weighted by atomic mass is 10.1. The van der Waals surface area contributed by atoms with Gasteiger partial charge in [-0.3, -0.25) is 9.59 Å². The van der Waals surface area contributed by atoms with Gasteiger partial charge in [0.25, 0.3) is 11.8 Å². The number of hydrogen-bond acceptors (Lipinski definition) is 5. The maximum absolute atomic E-state index is 11.9. The van der Waals surface area contributed by atoms with Crippen molar-refractivity contribution < 1.29 is 23.9 Å². The van der Waals surface area contributed by atoms with Crippen LogP contribution in [0.4, 0.5) is 0 Å². The van der Waals surface area contributed by atoms with Crippen LogP contribution in [0, 0.1) is 0 Å². The molecule has 1 fully saturated rings. The van der Waals surface area contributed by atoms with E-state index in [4.69, 9.17) is 15.2 Å². The third kappa shape index (κ3) is 5.28. The van der Waals surface area contributed by atoms with Crippen molar-refractivity contribution >= 4 is 17.8 Å². The summed E-state index contributed by atoms with van der Waals surface area (Å²) in [5.41, 5.74) is 5.28. The molecule has 1 saturated heterocycles. The van der Waals surface area contributed by atoms with Crippen LogP contribution in [0.3, 0.4) is 0 Å². The average molecular weight is 320 g/mol. The standard InChI is InChI=1S/C16H20N2O5/c17-14(19)10-22-13-6-4-12(5-7-13)16(21)23-11-15(20)18-8-2-1-3-9-18/h4-7H,1-3,8-11H2,(H2,17,19). The third-order valence-corrected chi connectivity index (χ3v) is 3.51. The normalized spacial score (nSPS) is 14.2. The van der Waals surface area contributed by atoms with Crippen molar-refractivity contribution in [3.05, 3.63) is 29.8 Å². The Morgan fingerprint density at radius 2 is 1.65 bits per heavy atom. The van der Waals surface area contributed by atoms with Gasteiger partial charge in [0.1, 0.15) is 5.75 Å². The van der Waals surface area contributed by atoms with E-state index in [1.807, 2.05) is 0 Å². The van der Waals surface area contributed by atoms with Gasteiger partial charge in [0, 0.05) is 13.1 Å². The zero-order chi connectivity index (χ0) is 16.7. The van der Waals surface area contributed by atoms with Crippen molar-refractivity contribution in [1.82, 2.24) is 4.90 Å². The Morgan fingerprint density at radius 1 is 1.00 bits per heavy atom. The molecule has 2 rings (SSSR count). The molecule has 1 aliphatic heterocycles. The molecule has 0 spiro atoms. The molecule has 0 atom stereocenters. The zero-order valence-electron chi connectivity index (χ0n) is 12.8. The number of primary amides is 1. The molecule has 1 aliphatic rings. The van der Waals surface area contributed by atoms with Crippen molar-refractivity contribution in [1.29, 1.82) is 0 Å². The van der Waals surface area contributed by atoms with Gasteiger partial charge in [-0.25, -0.2) is 4.79 Å². The molecule has 0 aromatic heterocycles. The number of nitrogens with zero attached hydrogens (tertiary/aromatic N) is 1. The van der Waals surface area contributed by atoms with Crippen LogP contribution in [0.25, 0.3) is 0 Å². The summed E-state index contributed by atoms with van der Waals surface area (Å²) in [6, 6.07) is 6.08. The number of carbonyl (C=O) groups is 3. The number of esters is 1. The van der Waals surface area contributed by atoms with Crippen molar-refractivity contribution in [2.45, 2.75) is 19.3 Å². The number of benzene rings is 1. The highest BCUT2D eigenvalue weighted by atomic mass is 16.5. The Bertz CT molecular complexity index is 564. The Balaban J connectivity index is 1.80. The number of amides is 2. The smallest absolute Gasteiger partial charge is 0.338 e. The molecule has 2 N–H and O–H groups in total. The van der Waals surface area contributed by atoms with Gasteiger partial charge in [-0.15, -0.1) is 0 Å². The molecular weight excluding hydrogens is 300 g/mol. The molecule has 23 heavy (non-hydrogen) atoms. The first-order chi connectivity index (χ1) is 11.1. The fourth-order valence-corrected chi connectivity index (χ4v) is 2.29. The van der Waals surface area contributed by atoms with E-state index < -0.39 is 11.9 Å². The van der Waals surface area contributed by atoms with Crippen LogP contribution in [-0.2, 0) is 14.3 Å². The van der Waals surface area contributed by atoms with Crippen LogP contribution in [-0.4, -0.2) is 49.0 Å². The van der Waals surface area contributed by atoms with Crippen molar-refractivity contribution in [2.75, 3.05) is 26.3 Å². The molecule has 1 heterocycles. The van der Waals surface area contributed by atoms with E-state index in [-0.39, 0.29) is 19.1 Å². The summed E-state index contributed by atoms with van der Waals surface area (Å²) in [6.45, 7) is 0.970. The molecule has 124 valence electrons. The lowest BCUT2D eigenvalue weighted by Gasteiger charge is -2.26. The number of carbonyl (C=O) groups excluding carboxylic acids is 3. The molecule has 0 saturated carbocycles. The largest absolute Gasteiger partial charge is 0.484 e. The second kappa shape index (κ2) is 8.17. The van der Waals surface area contributed by atoms with E-state index in [9.17, 15) is 14.4 Å². The predicted octanol–water partition coefficient (Wildman–Crippen LogP) is 0.720. The molecule has 0 radical (unpaired) electrons. The van der Waals surface area contributed by atoms with Gasteiger partial charge >= 0.3 is 5.97 Å². The predicted molar refractivity (Wildman–Crippen MR) is 81.8 cm³/mol. The minimum Gasteiger partial charge on any atom is -0.484 e. The fraction of sp³-hybridized carbons (Fsp3) is 0.438. The quantitative estimate of drug-likeness (QED) is 0.779. The topological polar surface area (TPSA) is 98.9 Å². The highest BCUT2D eigenvalue weighted by molar-refractivity contribution is 5.91. The summed E-state index contributed by atoms with van der Waals surface area (Å²) in [5, 5.41) is 0. The lowest BCUT2D eigenvalue weighted by molar-refractivity contribution is -0.135. The molecule has 1 aromatic rings. The van der Waals surface area contributed by atoms with E-state index in [1.165, 1.54) is 24.3 Å². The monoisotopic (exact) mass is 320 g/mol. The minimum atomic E-state index is -0.579. The summed E-state index contributed by atoms with van der Waals surface area (Å²) in [7, 11) is 0. The zero-order valence-corrected chi connectivity index (χ0v) is 12.8. The van der Waals surface area contributed by atoms with E-state index in [0.29, 0.717) is 11.3 Å². The molecule has 0 bridgehead atoms. The summed E-state index contributed by atoms with van der Waals surface area (Å²) in [4.78, 5) is 36.2. The molecule has 0 unspecified atom stereocenters. The third-order valence-electron chi connectivity index (χ3n) is 3.51. The van der Waals surface area contributed by atoms with E-state index >= 15 is 0 Å². The summed E-state index contributed by atoms with van der Waals surface area (Å²) in [6.07, 6.45) is 3.12. The van der Waals surface area contributed by atoms with Crippen LogP contribution in [0.2, 0.25) is 0 Å². The van der Waals surface area contributed by atoms with Gasteiger partial charge in [0.05, 0.1) is 5.56 Å². The van der Waals surface area contributed by atoms with Gasteiger partial charge in [0.2, 0.25) is 0 Å². The number of piperidine rings is 1. The van der Waals surface area contributed by atoms with Gasteiger partial charge in [-0.1, -0.05) is 0 Å². The number of nitrogens with two attached hydrogens (primary N) is 1. The van der Waals surface area contributed by atoms with Crippen LogP contribution in [0.15, 0.2) is 24.3 Å². The van der Waals surface area contributed by atoms with Crippen LogP contribution >= 0.6 is 0 Å². The average Bonchev–Trinajstić information content (AvgIpc) is 2.58. The maximum Gasteiger partial charge on any atom is 0.338 e. The van der Waals surface area contributed by atoms with E-state index in [1.54, 1.807) is 4.90 Å². The minimum absolute atomic E-state index is 0.167. The van der Waals surface area contributed by atoms with Crippen molar-refractivity contribution in [2.24, 2.45) is 5.73 Å². The van der Waals surface area contributed by atoms with E-state index in [2.05, 4.69) is 0 Å². The summed E-state index contributed by atoms with van der Waals surface area (Å²) in [5.74, 6) is -0.897. The number of ether oxygens (including phenoxy) is 2. The van der Waals surface area contributed by atoms with Crippen molar-refractivity contribution in [3.8, 4) is 5.75 Å². The number of hydrogen-bond donors (Lipinski definition) is 1. The molecule has 2 amide bonds. The fourth-order valence-electron chi connectivity index (χ4n) is 2.29. The van der Waals surface area contributed by atoms with Crippen LogP contribution in [0.1, 0.15) is 29.6 Å². The lowest BCUT2D eigenvalue weighted by Crippen LogP contribution is -2.38. The Labute approximate surface area is 134 Å². The SMILES string of the molecule is NC(=O)COc1ccc(C(=O)OCC(=O)N2CCCCC2)cc1. The summed E-state index contributed by atoms with van der Waals surface area (Å²) < 4.78 is 10.1. The molecular formula is C16H20N2O5. The Hall–Kier alpha value is -2.57. The van der Waals surface area contributed by atoms with Crippen molar-refractivity contribution in [3.63, 3.8) is 0 Å². The molecule has 7 heteroatoms. The number of likely N-dealkylation sites (tertiary alicyclic amines) is 1. The van der Waals surface area contributed by atoms with E-state index in [0.717, 1.165) is 32.4 Å². The first kappa shape index (κ1) is 16.8. The van der Waals surface area contributed by atoms with Crippen LogP contribution < -0.4 is 10.5 Å². The first-order valence-electron chi connectivity index (χ1n) is 7.52. The molecule has 0 aliphatic carbocycles. The Kier molecular flexibility index (Phi) is 5.96. The van der Waals surface area contributed by atoms with Gasteiger partial charge < -0.3 is 20.1 Å². The second-order valence-electron chi connectivity index (χ2n) is 5.30. The highest BCUT2D eigenvalue weighted by Crippen LogP contribution is 2.13. The molecule has 7 nitrogen and oxygen atoms in total. The maximum atomic E-state index is 11.9. The number of rotatable bonds is 6. The van der Waals surface area contributed by atoms with Gasteiger partial charge in [0.15, 0.2) is 13.2 Å². The Morgan fingerprint density at radius 3 is 2.26 bits per heavy atom. The van der Waals surface area contributed by atoms with Gasteiger partial charge in [-0.2, -0.15) is 0 Å². The van der Waals surface area contributed by atoms with Gasteiger partial charge in [-0.05, 0) is 43.5 Å². The highest BCUT2D eigenvalue weighted by Gasteiger charge is 2.18. The first-order valence-corrected chi connectivity index (χ1v) is 7.52. The molecule has 1 aromatic carbocycles. The second-order valence-corrected chi connectivity index (χ2v) is 5.30. The van der Waals surface area contributed by atoms with Crippen LogP contribution in [0.5, 0.6) is 5.75 Å².